The van der Waals surface area contributed by atoms with Crippen LogP contribution in [0.4, 0.5) is 0 Å². The molecule has 1 aromatic carbocycles. The molecule has 1 saturated heterocycles. The van der Waals surface area contributed by atoms with E-state index in [1.54, 1.807) is 35.4 Å². The number of amides is 1. The monoisotopic (exact) mass is 323 g/mol. The van der Waals surface area contributed by atoms with Crippen molar-refractivity contribution in [2.45, 2.75) is 25.4 Å². The summed E-state index contributed by atoms with van der Waals surface area (Å²) in [5.74, 6) is -0.126. The van der Waals surface area contributed by atoms with Gasteiger partial charge in [0.1, 0.15) is 5.58 Å². The third-order valence-electron chi connectivity index (χ3n) is 4.44. The van der Waals surface area contributed by atoms with Crippen molar-refractivity contribution in [1.29, 1.82) is 0 Å². The van der Waals surface area contributed by atoms with Crippen LogP contribution in [0.5, 0.6) is 0 Å². The minimum absolute atomic E-state index is 0.0640. The van der Waals surface area contributed by atoms with Crippen LogP contribution in [0.25, 0.3) is 11.0 Å². The van der Waals surface area contributed by atoms with E-state index < -0.39 is 0 Å². The van der Waals surface area contributed by atoms with Crippen molar-refractivity contribution in [3.8, 4) is 0 Å². The van der Waals surface area contributed by atoms with Gasteiger partial charge in [0, 0.05) is 25.0 Å². The van der Waals surface area contributed by atoms with E-state index in [9.17, 15) is 9.59 Å². The summed E-state index contributed by atoms with van der Waals surface area (Å²) in [5, 5.41) is 4.70. The van der Waals surface area contributed by atoms with Crippen molar-refractivity contribution < 1.29 is 9.21 Å². The van der Waals surface area contributed by atoms with Crippen molar-refractivity contribution in [1.82, 2.24) is 14.7 Å². The molecule has 24 heavy (non-hydrogen) atoms. The molecule has 0 saturated carbocycles. The van der Waals surface area contributed by atoms with E-state index >= 15 is 0 Å². The van der Waals surface area contributed by atoms with Gasteiger partial charge in [-0.1, -0.05) is 12.1 Å². The summed E-state index contributed by atoms with van der Waals surface area (Å²) in [6, 6.07) is 10.2. The lowest BCUT2D eigenvalue weighted by atomic mass is 10.2. The second-order valence-corrected chi connectivity index (χ2v) is 5.99. The van der Waals surface area contributed by atoms with Crippen LogP contribution in [0, 0.1) is 0 Å². The lowest BCUT2D eigenvalue weighted by Gasteiger charge is -2.24. The maximum atomic E-state index is 12.8. The molecule has 1 aliphatic rings. The molecule has 0 radical (unpaired) electrons. The molecule has 1 amide bonds. The average molecular weight is 323 g/mol. The first kappa shape index (κ1) is 14.7. The van der Waals surface area contributed by atoms with E-state index in [4.69, 9.17) is 4.42 Å². The first-order chi connectivity index (χ1) is 11.7. The molecule has 0 spiro atoms. The molecule has 6 heteroatoms. The number of hydrogen-bond donors (Lipinski definition) is 0. The fourth-order valence-electron chi connectivity index (χ4n) is 3.27. The van der Waals surface area contributed by atoms with Crippen LogP contribution >= 0.6 is 0 Å². The van der Waals surface area contributed by atoms with Gasteiger partial charge in [-0.2, -0.15) is 5.10 Å². The molecule has 1 atom stereocenters. The maximum absolute atomic E-state index is 12.8. The van der Waals surface area contributed by atoms with E-state index in [1.165, 1.54) is 6.07 Å². The Labute approximate surface area is 138 Å². The minimum atomic E-state index is -0.229. The van der Waals surface area contributed by atoms with Crippen LogP contribution in [0.1, 0.15) is 23.4 Å². The summed E-state index contributed by atoms with van der Waals surface area (Å²) in [7, 11) is 0. The number of aromatic nitrogens is 2. The molecular formula is C18H17N3O3. The first-order valence-electron chi connectivity index (χ1n) is 8.04. The quantitative estimate of drug-likeness (QED) is 0.741. The van der Waals surface area contributed by atoms with E-state index in [-0.39, 0.29) is 23.1 Å². The van der Waals surface area contributed by atoms with Gasteiger partial charge in [0.05, 0.1) is 18.0 Å². The molecule has 3 aromatic rings. The highest BCUT2D eigenvalue weighted by Gasteiger charge is 2.31. The summed E-state index contributed by atoms with van der Waals surface area (Å²) in [6.07, 6.45) is 5.47. The fraction of sp³-hybridized carbons (Fsp3) is 0.278. The van der Waals surface area contributed by atoms with Gasteiger partial charge in [-0.25, -0.2) is 0 Å². The highest BCUT2D eigenvalue weighted by atomic mass is 16.3. The molecule has 4 rings (SSSR count). The van der Waals surface area contributed by atoms with E-state index in [2.05, 4.69) is 5.10 Å². The molecule has 3 heterocycles. The summed E-state index contributed by atoms with van der Waals surface area (Å²) < 4.78 is 7.51. The zero-order valence-electron chi connectivity index (χ0n) is 13.1. The molecule has 0 aliphatic carbocycles. The molecule has 0 N–H and O–H groups in total. The second kappa shape index (κ2) is 5.96. The molecule has 0 bridgehead atoms. The van der Waals surface area contributed by atoms with Crippen LogP contribution in [0.3, 0.4) is 0 Å². The minimum Gasteiger partial charge on any atom is -0.451 e. The van der Waals surface area contributed by atoms with Crippen molar-refractivity contribution in [3.05, 3.63) is 64.8 Å². The number of nitrogens with zero attached hydrogens (tertiary/aromatic N) is 3. The van der Waals surface area contributed by atoms with Crippen LogP contribution in [-0.2, 0) is 6.54 Å². The molecule has 6 nitrogen and oxygen atoms in total. The second-order valence-electron chi connectivity index (χ2n) is 5.99. The lowest BCUT2D eigenvalue weighted by Crippen LogP contribution is -2.38. The van der Waals surface area contributed by atoms with Gasteiger partial charge < -0.3 is 9.32 Å². The summed E-state index contributed by atoms with van der Waals surface area (Å²) in [4.78, 5) is 26.8. The Morgan fingerprint density at radius 2 is 2.17 bits per heavy atom. The summed E-state index contributed by atoms with van der Waals surface area (Å²) in [5.41, 5.74) is 0.249. The first-order valence-corrected chi connectivity index (χ1v) is 8.04. The number of hydrogen-bond acceptors (Lipinski definition) is 4. The number of benzene rings is 1. The Morgan fingerprint density at radius 3 is 3.00 bits per heavy atom. The van der Waals surface area contributed by atoms with Crippen LogP contribution < -0.4 is 5.43 Å². The van der Waals surface area contributed by atoms with Gasteiger partial charge in [-0.05, 0) is 31.0 Å². The van der Waals surface area contributed by atoms with Crippen molar-refractivity contribution in [2.75, 3.05) is 6.54 Å². The van der Waals surface area contributed by atoms with Crippen molar-refractivity contribution in [3.63, 3.8) is 0 Å². The van der Waals surface area contributed by atoms with Gasteiger partial charge in [-0.15, -0.1) is 0 Å². The third-order valence-corrected chi connectivity index (χ3v) is 4.44. The maximum Gasteiger partial charge on any atom is 0.290 e. The Morgan fingerprint density at radius 1 is 1.29 bits per heavy atom. The zero-order valence-corrected chi connectivity index (χ0v) is 13.1. The number of carbonyl (C=O) groups excluding carboxylic acids is 1. The Kier molecular flexibility index (Phi) is 3.65. The van der Waals surface area contributed by atoms with Gasteiger partial charge >= 0.3 is 0 Å². The highest BCUT2D eigenvalue weighted by Crippen LogP contribution is 2.22. The van der Waals surface area contributed by atoms with Crippen LogP contribution in [-0.4, -0.2) is 33.2 Å². The van der Waals surface area contributed by atoms with Crippen molar-refractivity contribution in [2.24, 2.45) is 0 Å². The van der Waals surface area contributed by atoms with Gasteiger partial charge in [0.15, 0.2) is 11.2 Å². The van der Waals surface area contributed by atoms with E-state index in [0.717, 1.165) is 12.8 Å². The zero-order chi connectivity index (χ0) is 16.5. The van der Waals surface area contributed by atoms with Crippen molar-refractivity contribution >= 4 is 16.9 Å². The number of fused-ring (bicyclic) bond motifs is 1. The predicted octanol–water partition coefficient (Wildman–Crippen LogP) is 2.29. The van der Waals surface area contributed by atoms with E-state index in [1.807, 2.05) is 16.9 Å². The molecular weight excluding hydrogens is 306 g/mol. The molecule has 2 aromatic heterocycles. The Bertz CT molecular complexity index is 930. The summed E-state index contributed by atoms with van der Waals surface area (Å²) in [6.45, 7) is 1.32. The van der Waals surface area contributed by atoms with Gasteiger partial charge in [0.2, 0.25) is 0 Å². The van der Waals surface area contributed by atoms with Gasteiger partial charge in [-0.3, -0.25) is 14.3 Å². The van der Waals surface area contributed by atoms with Gasteiger partial charge in [0.25, 0.3) is 5.91 Å². The number of carbonyl (C=O) groups is 1. The lowest BCUT2D eigenvalue weighted by molar-refractivity contribution is 0.0690. The standard InChI is InChI=1S/C18H17N3O3/c22-15-11-17(24-16-7-2-1-6-14(15)16)18(23)21-10-3-5-13(21)12-20-9-4-8-19-20/h1-2,4,6-9,11,13H,3,5,10,12H2. The Balaban J connectivity index is 1.64. The summed E-state index contributed by atoms with van der Waals surface area (Å²) >= 11 is 0. The topological polar surface area (TPSA) is 68.3 Å². The number of rotatable bonds is 3. The molecule has 1 fully saturated rings. The largest absolute Gasteiger partial charge is 0.451 e. The predicted molar refractivity (Wildman–Crippen MR) is 88.8 cm³/mol. The van der Waals surface area contributed by atoms with Crippen LogP contribution in [0.2, 0.25) is 0 Å². The highest BCUT2D eigenvalue weighted by molar-refractivity contribution is 5.93. The van der Waals surface area contributed by atoms with Crippen LogP contribution in [0.15, 0.2) is 58.0 Å². The third kappa shape index (κ3) is 2.60. The SMILES string of the molecule is O=C(c1cc(=O)c2ccccc2o1)N1CCCC1Cn1cccn1. The molecule has 1 unspecified atom stereocenters. The molecule has 1 aliphatic heterocycles. The average Bonchev–Trinajstić information content (AvgIpc) is 3.26. The Hall–Kier alpha value is -2.89. The fourth-order valence-corrected chi connectivity index (χ4v) is 3.27. The van der Waals surface area contributed by atoms with E-state index in [0.29, 0.717) is 24.1 Å². The number of para-hydroxylation sites is 1. The molecule has 122 valence electrons. The normalized spacial score (nSPS) is 17.5. The number of likely N-dealkylation sites (tertiary alicyclic amines) is 1. The smallest absolute Gasteiger partial charge is 0.290 e.